The lowest BCUT2D eigenvalue weighted by Crippen LogP contribution is -2.45. The number of nitrogens with one attached hydrogen (secondary N) is 2. The van der Waals surface area contributed by atoms with Crippen molar-refractivity contribution in [1.82, 2.24) is 15.2 Å². The molecule has 4 rings (SSSR count). The molecule has 2 heterocycles. The third kappa shape index (κ3) is 5.77. The normalized spacial score (nSPS) is 15.6. The van der Waals surface area contributed by atoms with Crippen molar-refractivity contribution in [2.45, 2.75) is 12.4 Å². The predicted octanol–water partition coefficient (Wildman–Crippen LogP) is 4.91. The van der Waals surface area contributed by atoms with Crippen LogP contribution in [0.1, 0.15) is 17.2 Å². The summed E-state index contributed by atoms with van der Waals surface area (Å²) in [6.45, 7) is 3.39. The van der Waals surface area contributed by atoms with E-state index in [1.807, 2.05) is 24.4 Å². The van der Waals surface area contributed by atoms with Gasteiger partial charge in [0.1, 0.15) is 11.5 Å². The zero-order chi connectivity index (χ0) is 20.4. The van der Waals surface area contributed by atoms with E-state index in [9.17, 15) is 13.2 Å². The Bertz CT molecular complexity index is 974. The zero-order valence-corrected chi connectivity index (χ0v) is 18.4. The van der Waals surface area contributed by atoms with Crippen LogP contribution in [-0.2, 0) is 0 Å². The Hall–Kier alpha value is -2.13. The van der Waals surface area contributed by atoms with E-state index in [1.165, 1.54) is 12.1 Å². The fraction of sp³-hybridized carbons (Fsp3) is 0.333. The van der Waals surface area contributed by atoms with E-state index in [0.29, 0.717) is 0 Å². The van der Waals surface area contributed by atoms with Gasteiger partial charge in [-0.2, -0.15) is 0 Å². The zero-order valence-electron chi connectivity index (χ0n) is 16.7. The minimum Gasteiger partial charge on any atom is -0.497 e. The molecule has 1 aliphatic rings. The van der Waals surface area contributed by atoms with E-state index in [1.54, 1.807) is 19.2 Å². The largest absolute Gasteiger partial charge is 0.573 e. The maximum atomic E-state index is 12.5. The van der Waals surface area contributed by atoms with Crippen LogP contribution < -0.4 is 14.8 Å². The number of hydrogen-bond donors (Lipinski definition) is 2. The summed E-state index contributed by atoms with van der Waals surface area (Å²) in [5, 5.41) is 4.37. The molecule has 5 nitrogen and oxygen atoms in total. The highest BCUT2D eigenvalue weighted by Crippen LogP contribution is 2.36. The molecular formula is C21H24Cl2F3N3O2. The van der Waals surface area contributed by atoms with Gasteiger partial charge in [0.15, 0.2) is 0 Å². The fourth-order valence-electron chi connectivity index (χ4n) is 3.85. The Morgan fingerprint density at radius 2 is 1.61 bits per heavy atom. The minimum absolute atomic E-state index is 0. The molecule has 0 amide bonds. The van der Waals surface area contributed by atoms with Crippen molar-refractivity contribution in [1.29, 1.82) is 0 Å². The van der Waals surface area contributed by atoms with Crippen LogP contribution in [-0.4, -0.2) is 49.5 Å². The first-order valence-electron chi connectivity index (χ1n) is 9.40. The SMILES string of the molecule is COc1ccc2[nH]cc([C@H](c3ccc(OC(F)(F)F)cc3)N3CCNCC3)c2c1.Cl.Cl. The third-order valence-electron chi connectivity index (χ3n) is 5.16. The van der Waals surface area contributed by atoms with Gasteiger partial charge in [0.2, 0.25) is 0 Å². The molecule has 0 unspecified atom stereocenters. The number of ether oxygens (including phenoxy) is 2. The number of methoxy groups -OCH3 is 1. The summed E-state index contributed by atoms with van der Waals surface area (Å²) in [4.78, 5) is 5.63. The number of rotatable bonds is 5. The maximum absolute atomic E-state index is 12.5. The summed E-state index contributed by atoms with van der Waals surface area (Å²) in [6, 6.07) is 11.9. The highest BCUT2D eigenvalue weighted by atomic mass is 35.5. The van der Waals surface area contributed by atoms with Crippen LogP contribution in [0.25, 0.3) is 10.9 Å². The molecular weight excluding hydrogens is 454 g/mol. The van der Waals surface area contributed by atoms with Crippen LogP contribution in [0.2, 0.25) is 0 Å². The van der Waals surface area contributed by atoms with E-state index in [-0.39, 0.29) is 36.6 Å². The van der Waals surface area contributed by atoms with E-state index < -0.39 is 6.36 Å². The number of benzene rings is 2. The Labute approximate surface area is 190 Å². The van der Waals surface area contributed by atoms with Gasteiger partial charge in [0, 0.05) is 43.3 Å². The Balaban J connectivity index is 0.00000171. The molecule has 2 N–H and O–H groups in total. The molecule has 170 valence electrons. The van der Waals surface area contributed by atoms with Crippen LogP contribution in [0.15, 0.2) is 48.7 Å². The van der Waals surface area contributed by atoms with Crippen molar-refractivity contribution in [2.75, 3.05) is 33.3 Å². The highest BCUT2D eigenvalue weighted by molar-refractivity contribution is 5.86. The number of aromatic amines is 1. The lowest BCUT2D eigenvalue weighted by Gasteiger charge is -2.35. The van der Waals surface area contributed by atoms with Gasteiger partial charge >= 0.3 is 6.36 Å². The minimum atomic E-state index is -4.70. The quantitative estimate of drug-likeness (QED) is 0.547. The summed E-state index contributed by atoms with van der Waals surface area (Å²) in [5.41, 5.74) is 2.95. The molecule has 1 fully saturated rings. The first-order chi connectivity index (χ1) is 13.9. The van der Waals surface area contributed by atoms with Crippen LogP contribution in [0.3, 0.4) is 0 Å². The van der Waals surface area contributed by atoms with Gasteiger partial charge in [-0.15, -0.1) is 38.0 Å². The van der Waals surface area contributed by atoms with Gasteiger partial charge in [0.25, 0.3) is 0 Å². The number of halogens is 5. The van der Waals surface area contributed by atoms with Gasteiger partial charge < -0.3 is 19.8 Å². The van der Waals surface area contributed by atoms with Crippen LogP contribution in [0.4, 0.5) is 13.2 Å². The van der Waals surface area contributed by atoms with Crippen molar-refractivity contribution in [3.8, 4) is 11.5 Å². The lowest BCUT2D eigenvalue weighted by molar-refractivity contribution is -0.274. The average molecular weight is 478 g/mol. The standard InChI is InChI=1S/C21H22F3N3O2.2ClH/c1-28-16-6-7-19-17(12-16)18(13-26-19)20(27-10-8-25-9-11-27)14-2-4-15(5-3-14)29-21(22,23)24;;/h2-7,12-13,20,25-26H,8-11H2,1H3;2*1H/t20-;;/m0../s1. The molecule has 1 aliphatic heterocycles. The van der Waals surface area contributed by atoms with Crippen molar-refractivity contribution < 1.29 is 22.6 Å². The number of aromatic nitrogens is 1. The third-order valence-corrected chi connectivity index (χ3v) is 5.16. The first-order valence-corrected chi connectivity index (χ1v) is 9.40. The maximum Gasteiger partial charge on any atom is 0.573 e. The molecule has 1 saturated heterocycles. The molecule has 3 aromatic rings. The Morgan fingerprint density at radius 3 is 2.23 bits per heavy atom. The van der Waals surface area contributed by atoms with Gasteiger partial charge in [-0.05, 0) is 41.5 Å². The second-order valence-corrected chi connectivity index (χ2v) is 6.96. The van der Waals surface area contributed by atoms with Gasteiger partial charge in [-0.3, -0.25) is 4.90 Å². The van der Waals surface area contributed by atoms with Crippen LogP contribution >= 0.6 is 24.8 Å². The number of hydrogen-bond acceptors (Lipinski definition) is 4. The molecule has 0 aliphatic carbocycles. The first kappa shape index (κ1) is 25.1. The summed E-state index contributed by atoms with van der Waals surface area (Å²) in [6.07, 6.45) is -2.73. The average Bonchev–Trinajstić information content (AvgIpc) is 3.12. The molecule has 1 aromatic heterocycles. The van der Waals surface area contributed by atoms with Gasteiger partial charge in [-0.1, -0.05) is 12.1 Å². The smallest absolute Gasteiger partial charge is 0.497 e. The van der Waals surface area contributed by atoms with Gasteiger partial charge in [0.05, 0.1) is 13.2 Å². The van der Waals surface area contributed by atoms with E-state index in [2.05, 4.69) is 19.9 Å². The van der Waals surface area contributed by atoms with Crippen molar-refractivity contribution in [2.24, 2.45) is 0 Å². The molecule has 0 bridgehead atoms. The van der Waals surface area contributed by atoms with E-state index in [4.69, 9.17) is 4.74 Å². The van der Waals surface area contributed by atoms with Gasteiger partial charge in [-0.25, -0.2) is 0 Å². The molecule has 10 heteroatoms. The molecule has 31 heavy (non-hydrogen) atoms. The molecule has 0 saturated carbocycles. The molecule has 0 spiro atoms. The van der Waals surface area contributed by atoms with Crippen LogP contribution in [0.5, 0.6) is 11.5 Å². The number of H-pyrrole nitrogens is 1. The number of fused-ring (bicyclic) bond motifs is 1. The molecule has 2 aromatic carbocycles. The summed E-state index contributed by atoms with van der Waals surface area (Å²) in [7, 11) is 1.63. The molecule has 1 atom stereocenters. The lowest BCUT2D eigenvalue weighted by atomic mass is 9.95. The summed E-state index contributed by atoms with van der Waals surface area (Å²) < 4.78 is 46.9. The second kappa shape index (κ2) is 10.5. The van der Waals surface area contributed by atoms with Crippen LogP contribution in [0, 0.1) is 0 Å². The van der Waals surface area contributed by atoms with E-state index in [0.717, 1.165) is 54.0 Å². The van der Waals surface area contributed by atoms with Crippen molar-refractivity contribution in [3.05, 3.63) is 59.8 Å². The Morgan fingerprint density at radius 1 is 0.968 bits per heavy atom. The second-order valence-electron chi connectivity index (χ2n) is 6.96. The summed E-state index contributed by atoms with van der Waals surface area (Å²) in [5.74, 6) is 0.534. The topological polar surface area (TPSA) is 49.5 Å². The van der Waals surface area contributed by atoms with Crippen molar-refractivity contribution in [3.63, 3.8) is 0 Å². The monoisotopic (exact) mass is 477 g/mol. The van der Waals surface area contributed by atoms with E-state index >= 15 is 0 Å². The fourth-order valence-corrected chi connectivity index (χ4v) is 3.85. The van der Waals surface area contributed by atoms with Crippen molar-refractivity contribution >= 4 is 35.7 Å². The number of nitrogens with zero attached hydrogens (tertiary/aromatic N) is 1. The number of alkyl halides is 3. The predicted molar refractivity (Wildman–Crippen MR) is 119 cm³/mol. The number of piperazine rings is 1. The highest BCUT2D eigenvalue weighted by Gasteiger charge is 2.31. The summed E-state index contributed by atoms with van der Waals surface area (Å²) >= 11 is 0. The Kier molecular flexibility index (Phi) is 8.48. The molecule has 0 radical (unpaired) electrons.